The lowest BCUT2D eigenvalue weighted by atomic mass is 9.82. The summed E-state index contributed by atoms with van der Waals surface area (Å²) in [6, 6.07) is -0.330. The highest BCUT2D eigenvalue weighted by Crippen LogP contribution is 2.48. The summed E-state index contributed by atoms with van der Waals surface area (Å²) in [5.41, 5.74) is 0. The minimum Gasteiger partial charge on any atom is -0.469 e. The first-order valence-corrected chi connectivity index (χ1v) is 9.00. The zero-order chi connectivity index (χ0) is 15.2. The lowest BCUT2D eigenvalue weighted by Crippen LogP contribution is -2.45. The number of sulfone groups is 1. The van der Waals surface area contributed by atoms with E-state index in [1.54, 1.807) is 0 Å². The SMILES string of the molecule is COC(=O)C1C2C=CC(C2)C1C(=O)NC1CCS(=O)(=O)C1. The molecule has 1 N–H and O–H groups in total. The molecule has 2 fully saturated rings. The van der Waals surface area contributed by atoms with E-state index >= 15 is 0 Å². The van der Waals surface area contributed by atoms with Gasteiger partial charge in [0.05, 0.1) is 30.5 Å². The van der Waals surface area contributed by atoms with Gasteiger partial charge in [0.1, 0.15) is 0 Å². The summed E-state index contributed by atoms with van der Waals surface area (Å²) in [6.45, 7) is 0. The Kier molecular flexibility index (Phi) is 3.55. The summed E-state index contributed by atoms with van der Waals surface area (Å²) in [4.78, 5) is 24.4. The molecule has 5 unspecified atom stereocenters. The molecule has 1 saturated heterocycles. The number of hydrogen-bond donors (Lipinski definition) is 1. The number of allylic oxidation sites excluding steroid dienone is 2. The first-order chi connectivity index (χ1) is 9.91. The molecule has 116 valence electrons. The van der Waals surface area contributed by atoms with E-state index in [2.05, 4.69) is 5.32 Å². The van der Waals surface area contributed by atoms with Crippen LogP contribution in [-0.2, 0) is 24.2 Å². The van der Waals surface area contributed by atoms with Gasteiger partial charge in [0.15, 0.2) is 9.84 Å². The van der Waals surface area contributed by atoms with Gasteiger partial charge < -0.3 is 10.1 Å². The third-order valence-electron chi connectivity index (χ3n) is 4.81. The molecular weight excluding hydrogens is 294 g/mol. The number of rotatable bonds is 3. The second kappa shape index (κ2) is 5.12. The minimum atomic E-state index is -3.03. The Bertz CT molecular complexity index is 596. The monoisotopic (exact) mass is 313 g/mol. The van der Waals surface area contributed by atoms with E-state index in [0.29, 0.717) is 6.42 Å². The summed E-state index contributed by atoms with van der Waals surface area (Å²) >= 11 is 0. The second-order valence-corrected chi connectivity index (χ2v) is 8.36. The molecule has 1 aliphatic heterocycles. The fourth-order valence-corrected chi connectivity index (χ4v) is 5.52. The topological polar surface area (TPSA) is 89.5 Å². The molecule has 0 radical (unpaired) electrons. The molecule has 0 aromatic rings. The van der Waals surface area contributed by atoms with Gasteiger partial charge in [-0.2, -0.15) is 0 Å². The third kappa shape index (κ3) is 2.59. The molecule has 7 heteroatoms. The molecule has 0 aromatic heterocycles. The van der Waals surface area contributed by atoms with E-state index in [0.717, 1.165) is 6.42 Å². The zero-order valence-corrected chi connectivity index (χ0v) is 12.6. The van der Waals surface area contributed by atoms with E-state index in [-0.39, 0.29) is 41.3 Å². The van der Waals surface area contributed by atoms with Gasteiger partial charge in [-0.15, -0.1) is 0 Å². The normalized spacial score (nSPS) is 39.4. The van der Waals surface area contributed by atoms with Crippen LogP contribution in [0.5, 0.6) is 0 Å². The predicted molar refractivity (Wildman–Crippen MR) is 74.9 cm³/mol. The highest BCUT2D eigenvalue weighted by molar-refractivity contribution is 7.91. The number of carbonyl (C=O) groups excluding carboxylic acids is 2. The number of methoxy groups -OCH3 is 1. The van der Waals surface area contributed by atoms with Gasteiger partial charge in [-0.05, 0) is 24.7 Å². The fraction of sp³-hybridized carbons (Fsp3) is 0.714. The average molecular weight is 313 g/mol. The first kappa shape index (κ1) is 14.6. The van der Waals surface area contributed by atoms with Gasteiger partial charge in [0, 0.05) is 6.04 Å². The van der Waals surface area contributed by atoms with Crippen LogP contribution in [-0.4, -0.2) is 45.0 Å². The Balaban J connectivity index is 1.72. The van der Waals surface area contributed by atoms with Crippen LogP contribution in [0.25, 0.3) is 0 Å². The van der Waals surface area contributed by atoms with Gasteiger partial charge in [0.2, 0.25) is 5.91 Å². The fourth-order valence-electron chi connectivity index (χ4n) is 3.84. The summed E-state index contributed by atoms with van der Waals surface area (Å²) in [5.74, 6) is -1.22. The molecule has 21 heavy (non-hydrogen) atoms. The second-order valence-electron chi connectivity index (χ2n) is 6.13. The predicted octanol–water partition coefficient (Wildman–Crippen LogP) is -0.0990. The van der Waals surface area contributed by atoms with Gasteiger partial charge in [-0.3, -0.25) is 9.59 Å². The van der Waals surface area contributed by atoms with Crippen molar-refractivity contribution in [3.8, 4) is 0 Å². The summed E-state index contributed by atoms with van der Waals surface area (Å²) < 4.78 is 27.7. The van der Waals surface area contributed by atoms with Crippen molar-refractivity contribution in [3.63, 3.8) is 0 Å². The van der Waals surface area contributed by atoms with Crippen LogP contribution in [0.4, 0.5) is 0 Å². The van der Waals surface area contributed by atoms with Gasteiger partial charge in [-0.25, -0.2) is 8.42 Å². The molecule has 2 bridgehead atoms. The number of esters is 1. The highest BCUT2D eigenvalue weighted by atomic mass is 32.2. The van der Waals surface area contributed by atoms with Gasteiger partial charge in [0.25, 0.3) is 0 Å². The molecule has 6 nitrogen and oxygen atoms in total. The molecule has 5 atom stereocenters. The average Bonchev–Trinajstić information content (AvgIpc) is 3.11. The summed E-state index contributed by atoms with van der Waals surface area (Å²) in [6.07, 6.45) is 5.21. The largest absolute Gasteiger partial charge is 0.469 e. The summed E-state index contributed by atoms with van der Waals surface area (Å²) in [5, 5.41) is 2.81. The van der Waals surface area contributed by atoms with Crippen LogP contribution in [0.15, 0.2) is 12.2 Å². The number of amides is 1. The highest BCUT2D eigenvalue weighted by Gasteiger charge is 2.52. The van der Waals surface area contributed by atoms with Crippen molar-refractivity contribution in [2.75, 3.05) is 18.6 Å². The molecule has 1 saturated carbocycles. The van der Waals surface area contributed by atoms with Crippen LogP contribution >= 0.6 is 0 Å². The van der Waals surface area contributed by atoms with E-state index in [9.17, 15) is 18.0 Å². The number of fused-ring (bicyclic) bond motifs is 2. The van der Waals surface area contributed by atoms with Crippen molar-refractivity contribution < 1.29 is 22.7 Å². The van der Waals surface area contributed by atoms with Crippen molar-refractivity contribution in [1.29, 1.82) is 0 Å². The van der Waals surface area contributed by atoms with Gasteiger partial charge in [-0.1, -0.05) is 12.2 Å². The standard InChI is InChI=1S/C14H19NO5S/c1-20-14(17)12-9-3-2-8(6-9)11(12)13(16)15-10-4-5-21(18,19)7-10/h2-3,8-12H,4-7H2,1H3,(H,15,16). The molecule has 2 aliphatic carbocycles. The smallest absolute Gasteiger partial charge is 0.310 e. The Morgan fingerprint density at radius 2 is 1.86 bits per heavy atom. The maximum atomic E-state index is 12.5. The van der Waals surface area contributed by atoms with Crippen molar-refractivity contribution in [2.24, 2.45) is 23.7 Å². The Labute approximate surface area is 123 Å². The molecule has 0 aromatic carbocycles. The molecule has 0 spiro atoms. The molecule has 1 heterocycles. The lowest BCUT2D eigenvalue weighted by molar-refractivity contribution is -0.151. The van der Waals surface area contributed by atoms with E-state index in [1.165, 1.54) is 7.11 Å². The quantitative estimate of drug-likeness (QED) is 0.580. The summed E-state index contributed by atoms with van der Waals surface area (Å²) in [7, 11) is -1.70. The van der Waals surface area contributed by atoms with Gasteiger partial charge >= 0.3 is 5.97 Å². The first-order valence-electron chi connectivity index (χ1n) is 7.18. The Morgan fingerprint density at radius 3 is 2.43 bits per heavy atom. The zero-order valence-electron chi connectivity index (χ0n) is 11.8. The Morgan fingerprint density at radius 1 is 1.19 bits per heavy atom. The van der Waals surface area contributed by atoms with Crippen LogP contribution in [0, 0.1) is 23.7 Å². The Hall–Kier alpha value is -1.37. The van der Waals surface area contributed by atoms with Crippen LogP contribution in [0.3, 0.4) is 0 Å². The third-order valence-corrected chi connectivity index (χ3v) is 6.58. The molecule has 3 rings (SSSR count). The van der Waals surface area contributed by atoms with Crippen LogP contribution in [0.2, 0.25) is 0 Å². The van der Waals surface area contributed by atoms with Crippen molar-refractivity contribution in [2.45, 2.75) is 18.9 Å². The van der Waals surface area contributed by atoms with Crippen molar-refractivity contribution in [1.82, 2.24) is 5.32 Å². The number of nitrogens with one attached hydrogen (secondary N) is 1. The molecular formula is C14H19NO5S. The van der Waals surface area contributed by atoms with Crippen LogP contribution in [0.1, 0.15) is 12.8 Å². The van der Waals surface area contributed by atoms with Crippen molar-refractivity contribution in [3.05, 3.63) is 12.2 Å². The maximum absolute atomic E-state index is 12.5. The number of hydrogen-bond acceptors (Lipinski definition) is 5. The molecule has 3 aliphatic rings. The number of carbonyl (C=O) groups is 2. The number of ether oxygens (including phenoxy) is 1. The minimum absolute atomic E-state index is 0.00170. The van der Waals surface area contributed by atoms with Crippen LogP contribution < -0.4 is 5.32 Å². The van der Waals surface area contributed by atoms with E-state index < -0.39 is 21.7 Å². The maximum Gasteiger partial charge on any atom is 0.310 e. The molecule has 1 amide bonds. The van der Waals surface area contributed by atoms with E-state index in [4.69, 9.17) is 4.74 Å². The lowest BCUT2D eigenvalue weighted by Gasteiger charge is -2.26. The van der Waals surface area contributed by atoms with E-state index in [1.807, 2.05) is 12.2 Å². The van der Waals surface area contributed by atoms with Crippen molar-refractivity contribution >= 4 is 21.7 Å².